The van der Waals surface area contributed by atoms with Gasteiger partial charge in [-0.05, 0) is 35.4 Å². The van der Waals surface area contributed by atoms with Crippen molar-refractivity contribution in [3.63, 3.8) is 0 Å². The number of hydrogen-bond donors (Lipinski definition) is 2. The van der Waals surface area contributed by atoms with Crippen LogP contribution in [0.1, 0.15) is 23.6 Å². The number of nitrogens with one attached hydrogen (secondary N) is 2. The number of amides is 1. The van der Waals surface area contributed by atoms with Gasteiger partial charge in [-0.15, -0.1) is 5.10 Å². The molecule has 172 valence electrons. The lowest BCUT2D eigenvalue weighted by molar-refractivity contribution is -0.133. The van der Waals surface area contributed by atoms with Gasteiger partial charge in [-0.25, -0.2) is 9.69 Å². The molecule has 3 heterocycles. The fourth-order valence-electron chi connectivity index (χ4n) is 3.88. The molecule has 1 atom stereocenters. The van der Waals surface area contributed by atoms with E-state index in [9.17, 15) is 14.4 Å². The predicted molar refractivity (Wildman–Crippen MR) is 124 cm³/mol. The zero-order valence-corrected chi connectivity index (χ0v) is 18.6. The largest absolute Gasteiger partial charge is 0.497 e. The SMILES string of the molecule is COc1ccc([C@H]2CC(c3ccc(Cl)cc3)=NN2C(=O)Cn2nnc3c(=O)[nH][nH]c(=O)c32)cc1. The van der Waals surface area contributed by atoms with Crippen molar-refractivity contribution in [1.29, 1.82) is 0 Å². The van der Waals surface area contributed by atoms with Crippen molar-refractivity contribution in [1.82, 2.24) is 30.2 Å². The number of H-pyrrole nitrogens is 2. The summed E-state index contributed by atoms with van der Waals surface area (Å²) < 4.78 is 6.34. The van der Waals surface area contributed by atoms with Crippen LogP contribution in [0.3, 0.4) is 0 Å². The summed E-state index contributed by atoms with van der Waals surface area (Å²) in [6, 6.07) is 14.2. The van der Waals surface area contributed by atoms with Crippen molar-refractivity contribution in [2.75, 3.05) is 7.11 Å². The van der Waals surface area contributed by atoms with E-state index in [1.165, 1.54) is 5.01 Å². The van der Waals surface area contributed by atoms with E-state index in [0.29, 0.717) is 22.9 Å². The Morgan fingerprint density at radius 3 is 2.50 bits per heavy atom. The molecule has 0 radical (unpaired) electrons. The van der Waals surface area contributed by atoms with Crippen LogP contribution in [0, 0.1) is 0 Å². The highest BCUT2D eigenvalue weighted by atomic mass is 35.5. The van der Waals surface area contributed by atoms with Crippen molar-refractivity contribution in [2.24, 2.45) is 5.10 Å². The number of halogens is 1. The number of ether oxygens (including phenoxy) is 1. The minimum atomic E-state index is -0.606. The lowest BCUT2D eigenvalue weighted by Gasteiger charge is -2.22. The third-order valence-electron chi connectivity index (χ3n) is 5.58. The van der Waals surface area contributed by atoms with Crippen LogP contribution in [0.4, 0.5) is 0 Å². The maximum absolute atomic E-state index is 13.4. The van der Waals surface area contributed by atoms with E-state index < -0.39 is 17.0 Å². The Kier molecular flexibility index (Phi) is 5.46. The van der Waals surface area contributed by atoms with Crippen LogP contribution in [-0.4, -0.2) is 48.9 Å². The van der Waals surface area contributed by atoms with Gasteiger partial charge in [-0.3, -0.25) is 24.6 Å². The second-order valence-electron chi connectivity index (χ2n) is 7.64. The molecule has 0 aliphatic carbocycles. The predicted octanol–water partition coefficient (Wildman–Crippen LogP) is 1.85. The van der Waals surface area contributed by atoms with Crippen molar-refractivity contribution in [3.8, 4) is 5.75 Å². The lowest BCUT2D eigenvalue weighted by Crippen LogP contribution is -2.31. The quantitative estimate of drug-likeness (QED) is 0.448. The maximum Gasteiger partial charge on any atom is 0.292 e. The van der Waals surface area contributed by atoms with E-state index in [4.69, 9.17) is 16.3 Å². The second-order valence-corrected chi connectivity index (χ2v) is 8.07. The second kappa shape index (κ2) is 8.60. The first-order valence-electron chi connectivity index (χ1n) is 10.3. The maximum atomic E-state index is 13.4. The summed E-state index contributed by atoms with van der Waals surface area (Å²) in [7, 11) is 1.58. The zero-order chi connectivity index (χ0) is 23.8. The van der Waals surface area contributed by atoms with Gasteiger partial charge in [0.25, 0.3) is 17.0 Å². The van der Waals surface area contributed by atoms with Crippen molar-refractivity contribution in [3.05, 3.63) is 85.4 Å². The summed E-state index contributed by atoms with van der Waals surface area (Å²) in [6.07, 6.45) is 0.470. The Labute approximate surface area is 196 Å². The number of hydrazone groups is 1. The number of rotatable bonds is 5. The molecule has 2 aromatic heterocycles. The summed E-state index contributed by atoms with van der Waals surface area (Å²) >= 11 is 6.02. The number of benzene rings is 2. The summed E-state index contributed by atoms with van der Waals surface area (Å²) in [5.74, 6) is 0.272. The van der Waals surface area contributed by atoms with Crippen LogP contribution in [0.2, 0.25) is 5.02 Å². The average Bonchev–Trinajstić information content (AvgIpc) is 3.48. The monoisotopic (exact) mass is 479 g/mol. The first-order valence-corrected chi connectivity index (χ1v) is 10.7. The third-order valence-corrected chi connectivity index (χ3v) is 5.84. The molecule has 2 N–H and O–H groups in total. The number of carbonyl (C=O) groups excluding carboxylic acids is 1. The van der Waals surface area contributed by atoms with E-state index in [-0.39, 0.29) is 23.6 Å². The van der Waals surface area contributed by atoms with Gasteiger partial charge in [-0.1, -0.05) is 41.1 Å². The topological polar surface area (TPSA) is 138 Å². The smallest absolute Gasteiger partial charge is 0.292 e. The number of hydrogen-bond acceptors (Lipinski definition) is 7. The molecule has 2 aromatic carbocycles. The fraction of sp³-hybridized carbons (Fsp3) is 0.182. The molecule has 0 saturated carbocycles. The van der Waals surface area contributed by atoms with Crippen LogP contribution in [0.5, 0.6) is 5.75 Å². The molecule has 1 aliphatic rings. The molecule has 0 spiro atoms. The van der Waals surface area contributed by atoms with Gasteiger partial charge in [0.1, 0.15) is 12.3 Å². The van der Waals surface area contributed by atoms with Gasteiger partial charge in [-0.2, -0.15) is 5.10 Å². The molecular formula is C22H18ClN7O4. The molecule has 5 rings (SSSR count). The third kappa shape index (κ3) is 3.86. The number of carbonyl (C=O) groups is 1. The number of aromatic nitrogens is 5. The molecular weight excluding hydrogens is 462 g/mol. The van der Waals surface area contributed by atoms with E-state index in [2.05, 4.69) is 25.6 Å². The van der Waals surface area contributed by atoms with Gasteiger partial charge < -0.3 is 4.74 Å². The Morgan fingerprint density at radius 2 is 1.79 bits per heavy atom. The molecule has 0 saturated heterocycles. The summed E-state index contributed by atoms with van der Waals surface area (Å²) in [6.45, 7) is -0.326. The van der Waals surface area contributed by atoms with Crippen LogP contribution in [0.15, 0.2) is 63.2 Å². The Hall–Kier alpha value is -4.25. The van der Waals surface area contributed by atoms with Gasteiger partial charge in [0.2, 0.25) is 0 Å². The lowest BCUT2D eigenvalue weighted by atomic mass is 9.98. The molecule has 12 heteroatoms. The van der Waals surface area contributed by atoms with E-state index in [1.807, 2.05) is 36.4 Å². The Morgan fingerprint density at radius 1 is 1.09 bits per heavy atom. The normalized spacial score (nSPS) is 15.5. The van der Waals surface area contributed by atoms with Crippen LogP contribution >= 0.6 is 11.6 Å². The van der Waals surface area contributed by atoms with Crippen LogP contribution in [0.25, 0.3) is 11.0 Å². The van der Waals surface area contributed by atoms with E-state index >= 15 is 0 Å². The number of nitrogens with zero attached hydrogens (tertiary/aromatic N) is 5. The first kappa shape index (κ1) is 21.6. The zero-order valence-electron chi connectivity index (χ0n) is 17.9. The highest BCUT2D eigenvalue weighted by Crippen LogP contribution is 2.34. The molecule has 0 fully saturated rings. The number of fused-ring (bicyclic) bond motifs is 1. The summed E-state index contributed by atoms with van der Waals surface area (Å²) in [5.41, 5.74) is 0.976. The van der Waals surface area contributed by atoms with Crippen molar-refractivity contribution >= 4 is 34.3 Å². The van der Waals surface area contributed by atoms with Crippen molar-refractivity contribution < 1.29 is 9.53 Å². The number of aromatic amines is 2. The van der Waals surface area contributed by atoms with Gasteiger partial charge in [0.15, 0.2) is 11.0 Å². The van der Waals surface area contributed by atoms with Crippen LogP contribution < -0.4 is 15.9 Å². The van der Waals surface area contributed by atoms with Gasteiger partial charge in [0, 0.05) is 11.4 Å². The van der Waals surface area contributed by atoms with Gasteiger partial charge in [0.05, 0.1) is 18.9 Å². The standard InChI is InChI=1S/C22H18ClN7O4/c1-34-15-8-4-13(5-9-15)17-10-16(12-2-6-14(23)7-3-12)27-30(17)18(31)11-29-20-19(24-28-29)21(32)25-26-22(20)33/h2-9,17H,10-11H2,1H3,(H,25,32)(H,26,33)/t17-/m1/s1. The molecule has 34 heavy (non-hydrogen) atoms. The highest BCUT2D eigenvalue weighted by molar-refractivity contribution is 6.30. The molecule has 11 nitrogen and oxygen atoms in total. The molecule has 1 amide bonds. The molecule has 0 bridgehead atoms. The van der Waals surface area contributed by atoms with E-state index in [0.717, 1.165) is 15.8 Å². The molecule has 4 aromatic rings. The fourth-order valence-corrected chi connectivity index (χ4v) is 4.00. The van der Waals surface area contributed by atoms with Crippen LogP contribution in [-0.2, 0) is 11.3 Å². The molecule has 1 aliphatic heterocycles. The Balaban J connectivity index is 1.51. The van der Waals surface area contributed by atoms with Gasteiger partial charge >= 0.3 is 0 Å². The summed E-state index contributed by atoms with van der Waals surface area (Å²) in [5, 5.41) is 18.6. The molecule has 0 unspecified atom stereocenters. The van der Waals surface area contributed by atoms with E-state index in [1.54, 1.807) is 19.2 Å². The average molecular weight is 480 g/mol. The highest BCUT2D eigenvalue weighted by Gasteiger charge is 2.33. The van der Waals surface area contributed by atoms with Crippen molar-refractivity contribution in [2.45, 2.75) is 19.0 Å². The first-order chi connectivity index (χ1) is 16.4. The Bertz CT molecular complexity index is 1520. The summed E-state index contributed by atoms with van der Waals surface area (Å²) in [4.78, 5) is 37.5. The minimum Gasteiger partial charge on any atom is -0.497 e. The minimum absolute atomic E-state index is 0.0841. The number of methoxy groups -OCH3 is 1.